The van der Waals surface area contributed by atoms with E-state index in [4.69, 9.17) is 21.1 Å². The third-order valence-electron chi connectivity index (χ3n) is 3.12. The molecule has 1 unspecified atom stereocenters. The van der Waals surface area contributed by atoms with Crippen LogP contribution in [0.15, 0.2) is 18.2 Å². The molecule has 0 N–H and O–H groups in total. The summed E-state index contributed by atoms with van der Waals surface area (Å²) in [6.07, 6.45) is 3.71. The number of alkyl halides is 1. The van der Waals surface area contributed by atoms with Crippen molar-refractivity contribution in [2.75, 3.05) is 13.7 Å². The molecule has 0 bridgehead atoms. The number of carbonyl (C=O) groups excluding carboxylic acids is 1. The van der Waals surface area contributed by atoms with E-state index in [0.717, 1.165) is 24.8 Å². The molecule has 3 nitrogen and oxygen atoms in total. The average molecular weight is 299 g/mol. The Balaban J connectivity index is 2.82. The molecule has 0 aliphatic carbocycles. The van der Waals surface area contributed by atoms with Gasteiger partial charge in [0.2, 0.25) is 0 Å². The standard InChI is InChI=1S/C16H23ClO3/c1-4-6-7-10-20-15-11-12(8-9-14(15)19-3)16(17)13(18)5-2/h8-9,11,16H,4-7,10H2,1-3H3. The maximum atomic E-state index is 11.7. The molecule has 0 aromatic heterocycles. The van der Waals surface area contributed by atoms with Crippen molar-refractivity contribution in [3.05, 3.63) is 23.8 Å². The molecule has 20 heavy (non-hydrogen) atoms. The third kappa shape index (κ3) is 4.71. The molecule has 0 amide bonds. The summed E-state index contributed by atoms with van der Waals surface area (Å²) < 4.78 is 11.0. The van der Waals surface area contributed by atoms with Gasteiger partial charge in [-0.05, 0) is 24.1 Å². The average Bonchev–Trinajstić information content (AvgIpc) is 2.49. The second-order valence-electron chi connectivity index (χ2n) is 4.65. The van der Waals surface area contributed by atoms with Gasteiger partial charge in [-0.15, -0.1) is 11.6 Å². The maximum absolute atomic E-state index is 11.7. The lowest BCUT2D eigenvalue weighted by molar-refractivity contribution is -0.118. The van der Waals surface area contributed by atoms with Gasteiger partial charge in [0.15, 0.2) is 17.3 Å². The van der Waals surface area contributed by atoms with Crippen LogP contribution in [-0.4, -0.2) is 19.5 Å². The van der Waals surface area contributed by atoms with Crippen molar-refractivity contribution in [2.45, 2.75) is 44.9 Å². The molecular weight excluding hydrogens is 276 g/mol. The van der Waals surface area contributed by atoms with Gasteiger partial charge < -0.3 is 9.47 Å². The summed E-state index contributed by atoms with van der Waals surface area (Å²) in [5, 5.41) is -0.621. The Morgan fingerprint density at radius 3 is 2.60 bits per heavy atom. The van der Waals surface area contributed by atoms with E-state index in [0.29, 0.717) is 24.5 Å². The smallest absolute Gasteiger partial charge is 0.161 e. The molecule has 0 spiro atoms. The molecule has 1 atom stereocenters. The first-order valence-electron chi connectivity index (χ1n) is 7.11. The van der Waals surface area contributed by atoms with Gasteiger partial charge in [-0.25, -0.2) is 0 Å². The lowest BCUT2D eigenvalue weighted by atomic mass is 10.1. The molecule has 0 saturated heterocycles. The summed E-state index contributed by atoms with van der Waals surface area (Å²) >= 11 is 6.16. The Morgan fingerprint density at radius 2 is 2.00 bits per heavy atom. The molecule has 0 fully saturated rings. The van der Waals surface area contributed by atoms with Crippen molar-refractivity contribution < 1.29 is 14.3 Å². The van der Waals surface area contributed by atoms with Crippen LogP contribution < -0.4 is 9.47 Å². The highest BCUT2D eigenvalue weighted by atomic mass is 35.5. The van der Waals surface area contributed by atoms with Crippen molar-refractivity contribution in [3.63, 3.8) is 0 Å². The van der Waals surface area contributed by atoms with Crippen molar-refractivity contribution in [2.24, 2.45) is 0 Å². The first-order chi connectivity index (χ1) is 9.63. The first kappa shape index (κ1) is 16.8. The van der Waals surface area contributed by atoms with E-state index in [1.54, 1.807) is 19.2 Å². The van der Waals surface area contributed by atoms with Crippen LogP contribution in [0.3, 0.4) is 0 Å². The molecule has 1 rings (SSSR count). The largest absolute Gasteiger partial charge is 0.493 e. The van der Waals surface area contributed by atoms with Gasteiger partial charge >= 0.3 is 0 Å². The highest BCUT2D eigenvalue weighted by Crippen LogP contribution is 2.33. The molecule has 4 heteroatoms. The SMILES string of the molecule is CCCCCOc1cc(C(Cl)C(=O)CC)ccc1OC. The van der Waals surface area contributed by atoms with Gasteiger partial charge in [-0.2, -0.15) is 0 Å². The fourth-order valence-corrected chi connectivity index (χ4v) is 2.15. The summed E-state index contributed by atoms with van der Waals surface area (Å²) in [6.45, 7) is 4.60. The van der Waals surface area contributed by atoms with Gasteiger partial charge in [-0.1, -0.05) is 32.8 Å². The summed E-state index contributed by atoms with van der Waals surface area (Å²) in [7, 11) is 1.60. The number of methoxy groups -OCH3 is 1. The first-order valence-corrected chi connectivity index (χ1v) is 7.55. The molecule has 0 aliphatic rings. The number of benzene rings is 1. The van der Waals surface area contributed by atoms with Crippen LogP contribution in [-0.2, 0) is 4.79 Å². The Hall–Kier alpha value is -1.22. The monoisotopic (exact) mass is 298 g/mol. The molecule has 0 aliphatic heterocycles. The van der Waals surface area contributed by atoms with Gasteiger partial charge in [0.25, 0.3) is 0 Å². The van der Waals surface area contributed by atoms with Gasteiger partial charge in [0.05, 0.1) is 13.7 Å². The van der Waals surface area contributed by atoms with E-state index >= 15 is 0 Å². The maximum Gasteiger partial charge on any atom is 0.161 e. The second-order valence-corrected chi connectivity index (χ2v) is 5.08. The zero-order chi connectivity index (χ0) is 15.0. The summed E-state index contributed by atoms with van der Waals surface area (Å²) in [5.41, 5.74) is 0.754. The van der Waals surface area contributed by atoms with E-state index in [1.807, 2.05) is 13.0 Å². The Morgan fingerprint density at radius 1 is 1.25 bits per heavy atom. The number of hydrogen-bond donors (Lipinski definition) is 0. The highest BCUT2D eigenvalue weighted by Gasteiger charge is 2.17. The number of ketones is 1. The lowest BCUT2D eigenvalue weighted by Gasteiger charge is -2.14. The van der Waals surface area contributed by atoms with Crippen molar-refractivity contribution in [1.29, 1.82) is 0 Å². The van der Waals surface area contributed by atoms with Crippen LogP contribution in [0, 0.1) is 0 Å². The molecule has 1 aromatic rings. The normalized spacial score (nSPS) is 12.0. The quantitative estimate of drug-likeness (QED) is 0.496. The Labute approximate surface area is 126 Å². The predicted octanol–water partition coefficient (Wildman–Crippen LogP) is 4.52. The van der Waals surface area contributed by atoms with Gasteiger partial charge in [0.1, 0.15) is 5.38 Å². The van der Waals surface area contributed by atoms with Crippen LogP contribution in [0.4, 0.5) is 0 Å². The molecule has 0 radical (unpaired) electrons. The zero-order valence-corrected chi connectivity index (χ0v) is 13.2. The second kappa shape index (κ2) is 8.85. The number of hydrogen-bond acceptors (Lipinski definition) is 3. The fraction of sp³-hybridized carbons (Fsp3) is 0.562. The highest BCUT2D eigenvalue weighted by molar-refractivity contribution is 6.31. The molecule has 0 saturated carbocycles. The summed E-state index contributed by atoms with van der Waals surface area (Å²) in [4.78, 5) is 11.7. The Kier molecular flexibility index (Phi) is 7.45. The van der Waals surface area contributed by atoms with Crippen molar-refractivity contribution in [3.8, 4) is 11.5 Å². The van der Waals surface area contributed by atoms with Gasteiger partial charge in [0, 0.05) is 6.42 Å². The number of halogens is 1. The van der Waals surface area contributed by atoms with Crippen LogP contribution in [0.25, 0.3) is 0 Å². The number of rotatable bonds is 9. The molecule has 1 aromatic carbocycles. The molecule has 0 heterocycles. The fourth-order valence-electron chi connectivity index (χ4n) is 1.86. The van der Waals surface area contributed by atoms with Crippen molar-refractivity contribution >= 4 is 17.4 Å². The van der Waals surface area contributed by atoms with Crippen molar-refractivity contribution in [1.82, 2.24) is 0 Å². The topological polar surface area (TPSA) is 35.5 Å². The van der Waals surface area contributed by atoms with E-state index in [-0.39, 0.29) is 5.78 Å². The number of ether oxygens (including phenoxy) is 2. The van der Waals surface area contributed by atoms with E-state index in [2.05, 4.69) is 6.92 Å². The predicted molar refractivity (Wildman–Crippen MR) is 81.9 cm³/mol. The van der Waals surface area contributed by atoms with E-state index in [9.17, 15) is 4.79 Å². The minimum atomic E-state index is -0.621. The zero-order valence-electron chi connectivity index (χ0n) is 12.4. The molecule has 112 valence electrons. The Bertz CT molecular complexity index is 432. The lowest BCUT2D eigenvalue weighted by Crippen LogP contribution is -2.06. The minimum Gasteiger partial charge on any atom is -0.493 e. The van der Waals surface area contributed by atoms with Crippen LogP contribution >= 0.6 is 11.6 Å². The van der Waals surface area contributed by atoms with Crippen LogP contribution in [0.2, 0.25) is 0 Å². The van der Waals surface area contributed by atoms with Crippen LogP contribution in [0.5, 0.6) is 11.5 Å². The van der Waals surface area contributed by atoms with Crippen LogP contribution in [0.1, 0.15) is 50.5 Å². The van der Waals surface area contributed by atoms with E-state index in [1.165, 1.54) is 0 Å². The number of Topliss-reactive ketones (excluding diaryl/α,β-unsaturated/α-hetero) is 1. The summed E-state index contributed by atoms with van der Waals surface area (Å²) in [6, 6.07) is 5.40. The number of carbonyl (C=O) groups is 1. The summed E-state index contributed by atoms with van der Waals surface area (Å²) in [5.74, 6) is 1.32. The van der Waals surface area contributed by atoms with E-state index < -0.39 is 5.38 Å². The minimum absolute atomic E-state index is 0.00812. The third-order valence-corrected chi connectivity index (χ3v) is 3.61. The number of unbranched alkanes of at least 4 members (excludes halogenated alkanes) is 2. The van der Waals surface area contributed by atoms with Gasteiger partial charge in [-0.3, -0.25) is 4.79 Å². The molecular formula is C16H23ClO3.